The lowest BCUT2D eigenvalue weighted by Crippen LogP contribution is -2.07. The number of hydrogen-bond donors (Lipinski definition) is 2. The largest absolute Gasteiger partial charge is 0.382 e. The van der Waals surface area contributed by atoms with Crippen LogP contribution in [0, 0.1) is 3.57 Å². The number of aromatic nitrogens is 4. The maximum Gasteiger partial charge on any atom is 0.226 e. The number of rotatable bonds is 5. The van der Waals surface area contributed by atoms with Crippen molar-refractivity contribution < 1.29 is 0 Å². The van der Waals surface area contributed by atoms with Crippen LogP contribution in [0.5, 0.6) is 0 Å². The van der Waals surface area contributed by atoms with Crippen molar-refractivity contribution in [2.24, 2.45) is 7.05 Å². The lowest BCUT2D eigenvalue weighted by Gasteiger charge is -2.05. The van der Waals surface area contributed by atoms with E-state index in [9.17, 15) is 0 Å². The maximum atomic E-state index is 6.06. The average Bonchev–Trinajstić information content (AvgIpc) is 2.83. The maximum absolute atomic E-state index is 6.06. The van der Waals surface area contributed by atoms with Crippen LogP contribution in [-0.2, 0) is 13.5 Å². The van der Waals surface area contributed by atoms with Gasteiger partial charge in [0.05, 0.1) is 0 Å². The number of aryl methyl sites for hydroxylation is 1. The molecule has 0 aliphatic rings. The summed E-state index contributed by atoms with van der Waals surface area (Å²) in [6, 6.07) is 8.39. The minimum atomic E-state index is 0.415. The van der Waals surface area contributed by atoms with Crippen molar-refractivity contribution in [3.05, 3.63) is 39.2 Å². The molecule has 0 radical (unpaired) electrons. The Bertz CT molecular complexity index is 842. The molecule has 120 valence electrons. The molecule has 0 fully saturated rings. The number of anilines is 2. The van der Waals surface area contributed by atoms with Crippen molar-refractivity contribution in [3.63, 3.8) is 0 Å². The summed E-state index contributed by atoms with van der Waals surface area (Å²) in [5.74, 6) is 1.90. The molecule has 3 N–H and O–H groups in total. The summed E-state index contributed by atoms with van der Waals surface area (Å²) in [7, 11) is 1.97. The standard InChI is InChI=1S/C16H19IN6/c1-3-7-19-16-21-14(18)13-15(22-16)23(2)12(20-13)9-10-5-4-6-11(17)8-10/h4-6,8H,3,7,9H2,1-2H3,(H3,18,19,21,22). The van der Waals surface area contributed by atoms with Crippen LogP contribution in [0.15, 0.2) is 24.3 Å². The second-order valence-electron chi connectivity index (χ2n) is 5.43. The Morgan fingerprint density at radius 1 is 1.26 bits per heavy atom. The van der Waals surface area contributed by atoms with Crippen molar-refractivity contribution in [1.82, 2.24) is 19.5 Å². The number of halogens is 1. The third kappa shape index (κ3) is 3.39. The van der Waals surface area contributed by atoms with Crippen LogP contribution in [0.3, 0.4) is 0 Å². The second-order valence-corrected chi connectivity index (χ2v) is 6.67. The van der Waals surface area contributed by atoms with E-state index in [4.69, 9.17) is 5.73 Å². The van der Waals surface area contributed by atoms with Crippen LogP contribution in [0.25, 0.3) is 11.2 Å². The number of nitrogen functional groups attached to an aromatic ring is 1. The first kappa shape index (κ1) is 16.0. The molecule has 23 heavy (non-hydrogen) atoms. The molecule has 0 amide bonds. The van der Waals surface area contributed by atoms with Crippen LogP contribution >= 0.6 is 22.6 Å². The zero-order valence-corrected chi connectivity index (χ0v) is 15.3. The van der Waals surface area contributed by atoms with Gasteiger partial charge in [-0.15, -0.1) is 0 Å². The molecule has 3 aromatic rings. The molecule has 1 aromatic carbocycles. The first-order chi connectivity index (χ1) is 11.1. The molecule has 0 bridgehead atoms. The highest BCUT2D eigenvalue weighted by molar-refractivity contribution is 14.1. The molecule has 3 rings (SSSR count). The van der Waals surface area contributed by atoms with E-state index < -0.39 is 0 Å². The molecule has 0 aliphatic carbocycles. The summed E-state index contributed by atoms with van der Waals surface area (Å²) in [6.45, 7) is 2.91. The molecule has 0 unspecified atom stereocenters. The Morgan fingerprint density at radius 2 is 2.09 bits per heavy atom. The second kappa shape index (κ2) is 6.69. The van der Waals surface area contributed by atoms with Crippen LogP contribution in [0.2, 0.25) is 0 Å². The fourth-order valence-electron chi connectivity index (χ4n) is 2.43. The molecule has 0 aliphatic heterocycles. The number of hydrogen-bond acceptors (Lipinski definition) is 5. The fraction of sp³-hybridized carbons (Fsp3) is 0.312. The molecule has 0 atom stereocenters. The molecule has 2 heterocycles. The minimum Gasteiger partial charge on any atom is -0.382 e. The highest BCUT2D eigenvalue weighted by Crippen LogP contribution is 2.21. The number of nitrogens with zero attached hydrogens (tertiary/aromatic N) is 4. The summed E-state index contributed by atoms with van der Waals surface area (Å²) in [6.07, 6.45) is 1.74. The Labute approximate surface area is 148 Å². The lowest BCUT2D eigenvalue weighted by molar-refractivity contribution is 0.834. The third-order valence-electron chi connectivity index (χ3n) is 3.62. The van der Waals surface area contributed by atoms with Crippen molar-refractivity contribution in [2.75, 3.05) is 17.6 Å². The van der Waals surface area contributed by atoms with Gasteiger partial charge in [0.1, 0.15) is 5.82 Å². The molecule has 2 aromatic heterocycles. The quantitative estimate of drug-likeness (QED) is 0.618. The van der Waals surface area contributed by atoms with E-state index in [1.54, 1.807) is 0 Å². The lowest BCUT2D eigenvalue weighted by atomic mass is 10.1. The zero-order valence-electron chi connectivity index (χ0n) is 13.2. The van der Waals surface area contributed by atoms with Gasteiger partial charge in [0.15, 0.2) is 17.0 Å². The van der Waals surface area contributed by atoms with Crippen LogP contribution in [0.1, 0.15) is 24.7 Å². The van der Waals surface area contributed by atoms with E-state index in [-0.39, 0.29) is 0 Å². The number of nitrogens with two attached hydrogens (primary N) is 1. The van der Waals surface area contributed by atoms with Gasteiger partial charge in [-0.1, -0.05) is 19.1 Å². The summed E-state index contributed by atoms with van der Waals surface area (Å²) in [5.41, 5.74) is 8.70. The van der Waals surface area contributed by atoms with Gasteiger partial charge in [-0.25, -0.2) is 4.98 Å². The fourth-order valence-corrected chi connectivity index (χ4v) is 3.04. The monoisotopic (exact) mass is 422 g/mol. The highest BCUT2D eigenvalue weighted by Gasteiger charge is 2.14. The summed E-state index contributed by atoms with van der Waals surface area (Å²) < 4.78 is 3.20. The van der Waals surface area contributed by atoms with Gasteiger partial charge in [0.25, 0.3) is 0 Å². The SMILES string of the molecule is CCCNc1nc(N)c2nc(Cc3cccc(I)c3)n(C)c2n1. The van der Waals surface area contributed by atoms with Crippen molar-refractivity contribution >= 4 is 45.5 Å². The molecule has 6 nitrogen and oxygen atoms in total. The average molecular weight is 422 g/mol. The van der Waals surface area contributed by atoms with Crippen molar-refractivity contribution in [1.29, 1.82) is 0 Å². The number of nitrogens with one attached hydrogen (secondary N) is 1. The van der Waals surface area contributed by atoms with Crippen molar-refractivity contribution in [2.45, 2.75) is 19.8 Å². The predicted molar refractivity (Wildman–Crippen MR) is 101 cm³/mol. The van der Waals surface area contributed by atoms with Gasteiger partial charge >= 0.3 is 0 Å². The van der Waals surface area contributed by atoms with Crippen LogP contribution < -0.4 is 11.1 Å². The van der Waals surface area contributed by atoms with Crippen LogP contribution in [0.4, 0.5) is 11.8 Å². The normalized spacial score (nSPS) is 11.1. The summed E-state index contributed by atoms with van der Waals surface area (Å²) in [4.78, 5) is 13.5. The van der Waals surface area contributed by atoms with Gasteiger partial charge in [0.2, 0.25) is 5.95 Å². The Kier molecular flexibility index (Phi) is 4.65. The van der Waals surface area contributed by atoms with Crippen molar-refractivity contribution in [3.8, 4) is 0 Å². The Hall–Kier alpha value is -1.90. The van der Waals surface area contributed by atoms with Gasteiger partial charge in [-0.05, 0) is 46.7 Å². The van der Waals surface area contributed by atoms with Gasteiger partial charge in [-0.3, -0.25) is 0 Å². The van der Waals surface area contributed by atoms with E-state index >= 15 is 0 Å². The highest BCUT2D eigenvalue weighted by atomic mass is 127. The minimum absolute atomic E-state index is 0.415. The summed E-state index contributed by atoms with van der Waals surface area (Å²) >= 11 is 2.32. The third-order valence-corrected chi connectivity index (χ3v) is 4.29. The molecule has 7 heteroatoms. The van der Waals surface area contributed by atoms with E-state index in [0.717, 1.165) is 30.9 Å². The van der Waals surface area contributed by atoms with E-state index in [0.29, 0.717) is 17.3 Å². The Balaban J connectivity index is 1.99. The van der Waals surface area contributed by atoms with E-state index in [1.807, 2.05) is 11.6 Å². The molecule has 0 saturated carbocycles. The molecule has 0 saturated heterocycles. The molecular weight excluding hydrogens is 403 g/mol. The number of fused-ring (bicyclic) bond motifs is 1. The van der Waals surface area contributed by atoms with E-state index in [1.165, 1.54) is 9.13 Å². The predicted octanol–water partition coefficient (Wildman–Crippen LogP) is 2.96. The van der Waals surface area contributed by atoms with Gasteiger partial charge < -0.3 is 15.6 Å². The topological polar surface area (TPSA) is 81.6 Å². The Morgan fingerprint density at radius 3 is 2.83 bits per heavy atom. The van der Waals surface area contributed by atoms with E-state index in [2.05, 4.69) is 74.0 Å². The van der Waals surface area contributed by atoms with Crippen LogP contribution in [-0.4, -0.2) is 26.1 Å². The smallest absolute Gasteiger partial charge is 0.226 e. The number of imidazole rings is 1. The molecule has 0 spiro atoms. The van der Waals surface area contributed by atoms with Gasteiger partial charge in [0, 0.05) is 23.6 Å². The number of benzene rings is 1. The summed E-state index contributed by atoms with van der Waals surface area (Å²) in [5, 5.41) is 3.18. The zero-order chi connectivity index (χ0) is 16.4. The first-order valence-electron chi connectivity index (χ1n) is 7.55. The molecular formula is C16H19IN6. The first-order valence-corrected chi connectivity index (χ1v) is 8.63. The van der Waals surface area contributed by atoms with Gasteiger partial charge in [-0.2, -0.15) is 9.97 Å².